The van der Waals surface area contributed by atoms with Gasteiger partial charge in [-0.1, -0.05) is 26.0 Å². The third kappa shape index (κ3) is 8.95. The van der Waals surface area contributed by atoms with Crippen molar-refractivity contribution in [3.63, 3.8) is 0 Å². The number of hydrogen-bond acceptors (Lipinski definition) is 10. The van der Waals surface area contributed by atoms with E-state index < -0.39 is 36.2 Å². The zero-order chi connectivity index (χ0) is 42.5. The molecule has 17 heteroatoms. The van der Waals surface area contributed by atoms with Gasteiger partial charge >= 0.3 is 12.2 Å². The van der Waals surface area contributed by atoms with Crippen molar-refractivity contribution in [1.82, 2.24) is 40.4 Å². The lowest BCUT2D eigenvalue weighted by molar-refractivity contribution is -0.138. The van der Waals surface area contributed by atoms with Gasteiger partial charge in [0.05, 0.1) is 62.8 Å². The summed E-state index contributed by atoms with van der Waals surface area (Å²) in [5.74, 6) is 0.639. The molecule has 0 saturated carbocycles. The Hall–Kier alpha value is -5.97. The van der Waals surface area contributed by atoms with E-state index in [0.29, 0.717) is 91.9 Å². The Morgan fingerprint density at radius 3 is 2.18 bits per heavy atom. The van der Waals surface area contributed by atoms with Crippen LogP contribution in [0.15, 0.2) is 48.8 Å². The van der Waals surface area contributed by atoms with Crippen LogP contribution in [0, 0.1) is 11.7 Å². The van der Waals surface area contributed by atoms with Crippen LogP contribution < -0.4 is 15.4 Å². The van der Waals surface area contributed by atoms with E-state index in [1.807, 2.05) is 38.1 Å². The highest BCUT2D eigenvalue weighted by Crippen LogP contribution is 2.38. The first-order valence-electron chi connectivity index (χ1n) is 20.6. The Morgan fingerprint density at radius 2 is 1.48 bits per heavy atom. The maximum atomic E-state index is 16.0. The van der Waals surface area contributed by atoms with Crippen molar-refractivity contribution in [3.05, 3.63) is 66.3 Å². The molecule has 16 nitrogen and oxygen atoms in total. The average molecular weight is 829 g/mol. The number of nitrogens with one attached hydrogen (secondary N) is 4. The molecule has 60 heavy (non-hydrogen) atoms. The second-order valence-electron chi connectivity index (χ2n) is 15.8. The maximum absolute atomic E-state index is 16.0. The summed E-state index contributed by atoms with van der Waals surface area (Å²) in [5, 5.41) is 5.33. The topological polar surface area (TPSA) is 193 Å². The minimum absolute atomic E-state index is 0.169. The molecule has 4 aromatic rings. The molecule has 320 valence electrons. The molecular weight excluding hydrogens is 776 g/mol. The van der Waals surface area contributed by atoms with Crippen LogP contribution in [-0.4, -0.2) is 112 Å². The molecule has 7 rings (SSSR count). The number of halogens is 1. The number of likely N-dealkylation sites (tertiary alicyclic amines) is 1. The number of carbonyl (C=O) groups excluding carboxylic acids is 4. The summed E-state index contributed by atoms with van der Waals surface area (Å²) in [6.45, 7) is 7.21. The number of methoxy groups -OCH3 is 2. The average Bonchev–Trinajstić information content (AvgIpc) is 4.09. The van der Waals surface area contributed by atoms with Crippen molar-refractivity contribution in [3.8, 4) is 39.4 Å². The van der Waals surface area contributed by atoms with Gasteiger partial charge in [0.2, 0.25) is 11.8 Å². The molecule has 5 heterocycles. The molecular formula is C43H53FN8O8. The molecule has 2 bridgehead atoms. The van der Waals surface area contributed by atoms with E-state index in [4.69, 9.17) is 23.9 Å². The van der Waals surface area contributed by atoms with Crippen molar-refractivity contribution in [2.24, 2.45) is 5.92 Å². The molecule has 2 saturated heterocycles. The zero-order valence-electron chi connectivity index (χ0n) is 34.6. The van der Waals surface area contributed by atoms with Crippen LogP contribution in [-0.2, 0) is 23.8 Å². The first-order chi connectivity index (χ1) is 29.0. The number of hydrogen-bond donors (Lipinski definition) is 4. The molecule has 0 aliphatic carbocycles. The quantitative estimate of drug-likeness (QED) is 0.165. The second kappa shape index (κ2) is 18.5. The number of ether oxygens (including phenoxy) is 4. The lowest BCUT2D eigenvalue weighted by atomic mass is 9.99. The predicted octanol–water partition coefficient (Wildman–Crippen LogP) is 6.28. The number of fused-ring (bicyclic) bond motifs is 6. The fourth-order valence-corrected chi connectivity index (χ4v) is 8.25. The first kappa shape index (κ1) is 42.2. The summed E-state index contributed by atoms with van der Waals surface area (Å²) < 4.78 is 38.0. The number of alkyl carbamates (subject to hydrolysis) is 2. The fraction of sp³-hybridized carbons (Fsp3) is 0.488. The highest BCUT2D eigenvalue weighted by atomic mass is 19.1. The van der Waals surface area contributed by atoms with E-state index in [1.165, 1.54) is 20.3 Å². The van der Waals surface area contributed by atoms with Gasteiger partial charge in [0, 0.05) is 30.8 Å². The number of carbonyl (C=O) groups is 4. The van der Waals surface area contributed by atoms with Crippen LogP contribution >= 0.6 is 0 Å². The number of amides is 4. The maximum Gasteiger partial charge on any atom is 0.407 e. The third-order valence-electron chi connectivity index (χ3n) is 11.5. The summed E-state index contributed by atoms with van der Waals surface area (Å²) in [6, 6.07) is 8.33. The number of rotatable bonds is 7. The Labute approximate surface area is 347 Å². The van der Waals surface area contributed by atoms with Gasteiger partial charge in [0.1, 0.15) is 35.3 Å². The number of H-pyrrole nitrogens is 2. The van der Waals surface area contributed by atoms with Crippen molar-refractivity contribution in [2.75, 3.05) is 40.5 Å². The van der Waals surface area contributed by atoms with Gasteiger partial charge < -0.3 is 49.3 Å². The van der Waals surface area contributed by atoms with Gasteiger partial charge in [-0.25, -0.2) is 23.9 Å². The highest BCUT2D eigenvalue weighted by Gasteiger charge is 2.40. The number of aromatic amines is 2. The van der Waals surface area contributed by atoms with E-state index in [1.54, 1.807) is 35.2 Å². The smallest absolute Gasteiger partial charge is 0.407 e. The Morgan fingerprint density at radius 1 is 0.850 bits per heavy atom. The number of aromatic nitrogens is 4. The molecule has 4 N–H and O–H groups in total. The largest absolute Gasteiger partial charge is 0.493 e. The number of benzene rings is 2. The van der Waals surface area contributed by atoms with E-state index in [9.17, 15) is 19.2 Å². The SMILES string of the molecule is COC(=O)N[C@H](C(=O)N1CCC[C@H]1c1ncc(-c2ccc(-c3ccc4c(c3)OCCCCO[C@@H](C)[C@H](NC(=O)OC)C(=O)N3CCC[C@H]3c3ncc-4[nH]3)cc2F)[nH]1)C(C)C. The summed E-state index contributed by atoms with van der Waals surface area (Å²) in [5.41, 5.74) is 3.66. The van der Waals surface area contributed by atoms with Gasteiger partial charge in [0.25, 0.3) is 0 Å². The number of nitrogens with zero attached hydrogens (tertiary/aromatic N) is 4. The molecule has 0 unspecified atom stereocenters. The molecule has 0 radical (unpaired) electrons. The highest BCUT2D eigenvalue weighted by molar-refractivity contribution is 5.87. The van der Waals surface area contributed by atoms with E-state index in [2.05, 4.69) is 25.6 Å². The van der Waals surface area contributed by atoms with Gasteiger partial charge in [0.15, 0.2) is 0 Å². The molecule has 2 aromatic carbocycles. The standard InChI is InChI=1S/C43H53FN8O8/c1-24(2)36(49-42(55)57-4)40(53)51-16-8-10-33(51)38-45-22-31(47-38)28-14-12-26(20-30(28)44)27-13-15-29-32-23-46-39(48-32)34-11-9-17-52(34)41(54)37(50-43(56)58-5)25(3)59-18-6-7-19-60-35(29)21-27/h12-15,20-25,33-34,36-37H,6-11,16-19H2,1-5H3,(H,45,47)(H,46,48)(H,49,55)(H,50,56)/t25-,33-,34-,36-,37-/m0/s1. The van der Waals surface area contributed by atoms with E-state index in [-0.39, 0.29) is 29.8 Å². The molecule has 3 aliphatic heterocycles. The summed E-state index contributed by atoms with van der Waals surface area (Å²) in [7, 11) is 2.52. The molecule has 0 spiro atoms. The predicted molar refractivity (Wildman–Crippen MR) is 218 cm³/mol. The van der Waals surface area contributed by atoms with Crippen LogP contribution in [0.5, 0.6) is 5.75 Å². The molecule has 3 aliphatic rings. The van der Waals surface area contributed by atoms with Crippen LogP contribution in [0.3, 0.4) is 0 Å². The van der Waals surface area contributed by atoms with Crippen molar-refractivity contribution < 1.29 is 42.5 Å². The minimum atomic E-state index is -0.936. The zero-order valence-corrected chi connectivity index (χ0v) is 34.6. The Bertz CT molecular complexity index is 2190. The van der Waals surface area contributed by atoms with Crippen LogP contribution in [0.2, 0.25) is 0 Å². The summed E-state index contributed by atoms with van der Waals surface area (Å²) in [4.78, 5) is 71.1. The second-order valence-corrected chi connectivity index (χ2v) is 15.8. The van der Waals surface area contributed by atoms with Gasteiger partial charge in [-0.3, -0.25) is 9.59 Å². The Kier molecular flexibility index (Phi) is 13.0. The van der Waals surface area contributed by atoms with Crippen molar-refractivity contribution in [2.45, 2.75) is 89.6 Å². The minimum Gasteiger partial charge on any atom is -0.493 e. The van der Waals surface area contributed by atoms with E-state index >= 15 is 4.39 Å². The monoisotopic (exact) mass is 828 g/mol. The molecule has 2 aromatic heterocycles. The van der Waals surface area contributed by atoms with Crippen LogP contribution in [0.25, 0.3) is 33.6 Å². The Balaban J connectivity index is 1.12. The van der Waals surface area contributed by atoms with E-state index in [0.717, 1.165) is 24.0 Å². The van der Waals surface area contributed by atoms with Crippen molar-refractivity contribution >= 4 is 24.0 Å². The number of imidazole rings is 2. The summed E-state index contributed by atoms with van der Waals surface area (Å²) >= 11 is 0. The lowest BCUT2D eigenvalue weighted by Gasteiger charge is -2.31. The summed E-state index contributed by atoms with van der Waals surface area (Å²) in [6.07, 6.45) is 5.48. The third-order valence-corrected chi connectivity index (χ3v) is 11.5. The normalized spacial score (nSPS) is 21.5. The van der Waals surface area contributed by atoms with Gasteiger partial charge in [-0.15, -0.1) is 0 Å². The van der Waals surface area contributed by atoms with Crippen molar-refractivity contribution in [1.29, 1.82) is 0 Å². The van der Waals surface area contributed by atoms with Gasteiger partial charge in [-0.05, 0) is 86.8 Å². The van der Waals surface area contributed by atoms with Gasteiger partial charge in [-0.2, -0.15) is 0 Å². The first-order valence-corrected chi connectivity index (χ1v) is 20.6. The molecule has 4 amide bonds. The van der Waals surface area contributed by atoms with Crippen LogP contribution in [0.1, 0.15) is 83.0 Å². The molecule has 5 atom stereocenters. The lowest BCUT2D eigenvalue weighted by Crippen LogP contribution is -2.54. The molecule has 2 fully saturated rings. The van der Waals surface area contributed by atoms with Crippen LogP contribution in [0.4, 0.5) is 14.0 Å². The fourth-order valence-electron chi connectivity index (χ4n) is 8.25.